The topological polar surface area (TPSA) is 80.9 Å². The number of aliphatic hydroxyl groups excluding tert-OH is 2. The van der Waals surface area contributed by atoms with Gasteiger partial charge in [0.2, 0.25) is 0 Å². The van der Waals surface area contributed by atoms with Crippen molar-refractivity contribution in [3.8, 4) is 33.8 Å². The second-order valence-corrected chi connectivity index (χ2v) is 10.1. The fourth-order valence-corrected chi connectivity index (χ4v) is 5.92. The minimum Gasteiger partial charge on any atom is -0.507 e. The Morgan fingerprint density at radius 1 is 0.595 bits per heavy atom. The van der Waals surface area contributed by atoms with E-state index in [0.29, 0.717) is 28.2 Å². The lowest BCUT2D eigenvalue weighted by Crippen LogP contribution is -2.18. The smallest absolute Gasteiger partial charge is 0.128 e. The highest BCUT2D eigenvalue weighted by Crippen LogP contribution is 2.46. The van der Waals surface area contributed by atoms with Crippen molar-refractivity contribution >= 4 is 0 Å². The number of aromatic hydroxyl groups is 2. The van der Waals surface area contributed by atoms with Crippen LogP contribution >= 0.6 is 0 Å². The summed E-state index contributed by atoms with van der Waals surface area (Å²) in [6, 6.07) is 27.5. The zero-order valence-corrected chi connectivity index (χ0v) is 21.0. The molecule has 1 aliphatic rings. The number of hydrogen-bond acceptors (Lipinski definition) is 4. The monoisotopic (exact) mass is 494 g/mol. The zero-order chi connectivity index (χ0) is 25.8. The van der Waals surface area contributed by atoms with Crippen molar-refractivity contribution in [2.24, 2.45) is 5.92 Å². The van der Waals surface area contributed by atoms with Gasteiger partial charge >= 0.3 is 0 Å². The van der Waals surface area contributed by atoms with Crippen molar-refractivity contribution in [1.29, 1.82) is 0 Å². The van der Waals surface area contributed by atoms with Crippen LogP contribution in [0.3, 0.4) is 0 Å². The Hall–Kier alpha value is -3.60. The van der Waals surface area contributed by atoms with Crippen LogP contribution in [0.2, 0.25) is 0 Å². The van der Waals surface area contributed by atoms with Gasteiger partial charge in [0.05, 0.1) is 13.2 Å². The van der Waals surface area contributed by atoms with Gasteiger partial charge in [-0.2, -0.15) is 0 Å². The second kappa shape index (κ2) is 11.2. The van der Waals surface area contributed by atoms with E-state index in [4.69, 9.17) is 0 Å². The van der Waals surface area contributed by atoms with E-state index >= 15 is 0 Å². The summed E-state index contributed by atoms with van der Waals surface area (Å²) < 4.78 is 0. The summed E-state index contributed by atoms with van der Waals surface area (Å²) >= 11 is 0. The first-order valence-corrected chi connectivity index (χ1v) is 13.1. The summed E-state index contributed by atoms with van der Waals surface area (Å²) in [5.74, 6) is 0.563. The maximum absolute atomic E-state index is 11.0. The minimum atomic E-state index is -0.260. The normalized spacial score (nSPS) is 14.2. The number of phenols is 2. The number of aliphatic hydroxyl groups is 2. The molecule has 5 rings (SSSR count). The van der Waals surface area contributed by atoms with Gasteiger partial charge in [-0.3, -0.25) is 0 Å². The molecule has 0 unspecified atom stereocenters. The molecule has 4 N–H and O–H groups in total. The summed E-state index contributed by atoms with van der Waals surface area (Å²) in [4.78, 5) is 0. The zero-order valence-electron chi connectivity index (χ0n) is 21.0. The van der Waals surface area contributed by atoms with Crippen LogP contribution in [-0.2, 0) is 13.2 Å². The summed E-state index contributed by atoms with van der Waals surface area (Å²) in [7, 11) is 0. The van der Waals surface area contributed by atoms with Gasteiger partial charge in [-0.25, -0.2) is 0 Å². The van der Waals surface area contributed by atoms with Gasteiger partial charge in [0.25, 0.3) is 0 Å². The maximum Gasteiger partial charge on any atom is 0.128 e. The molecule has 4 aromatic carbocycles. The highest BCUT2D eigenvalue weighted by atomic mass is 16.3. The Balaban J connectivity index is 1.73. The Labute approximate surface area is 218 Å². The van der Waals surface area contributed by atoms with Gasteiger partial charge in [-0.05, 0) is 65.3 Å². The second-order valence-electron chi connectivity index (χ2n) is 10.1. The Morgan fingerprint density at radius 3 is 1.43 bits per heavy atom. The van der Waals surface area contributed by atoms with Crippen molar-refractivity contribution in [1.82, 2.24) is 0 Å². The van der Waals surface area contributed by atoms with Gasteiger partial charge < -0.3 is 20.4 Å². The van der Waals surface area contributed by atoms with E-state index in [1.54, 1.807) is 0 Å². The van der Waals surface area contributed by atoms with Crippen LogP contribution in [0.15, 0.2) is 84.9 Å². The molecule has 0 amide bonds. The lowest BCUT2D eigenvalue weighted by atomic mass is 9.72. The molecule has 0 aliphatic heterocycles. The highest BCUT2D eigenvalue weighted by Gasteiger charge is 2.29. The number of rotatable bonds is 7. The molecule has 4 heteroatoms. The third-order valence-electron chi connectivity index (χ3n) is 7.77. The summed E-state index contributed by atoms with van der Waals surface area (Å²) in [5.41, 5.74) is 6.25. The molecule has 4 nitrogen and oxygen atoms in total. The van der Waals surface area contributed by atoms with Crippen LogP contribution in [0.25, 0.3) is 22.3 Å². The van der Waals surface area contributed by atoms with Crippen LogP contribution < -0.4 is 0 Å². The summed E-state index contributed by atoms with van der Waals surface area (Å²) in [6.45, 7) is -0.521. The first-order chi connectivity index (χ1) is 18.1. The van der Waals surface area contributed by atoms with Crippen molar-refractivity contribution in [2.45, 2.75) is 51.2 Å². The molecule has 1 fully saturated rings. The SMILES string of the molecule is OCc1cc(C(c2cc(CO)c(O)c(-c3ccccc3)c2)C2CCCCC2)cc(-c2ccccc2)c1O. The average molecular weight is 495 g/mol. The first-order valence-electron chi connectivity index (χ1n) is 13.1. The third-order valence-corrected chi connectivity index (χ3v) is 7.77. The third kappa shape index (κ3) is 5.13. The fraction of sp³-hybridized carbons (Fsp3) is 0.273. The summed E-state index contributed by atoms with van der Waals surface area (Å²) in [5, 5.41) is 42.4. The first kappa shape index (κ1) is 25.1. The average Bonchev–Trinajstić information content (AvgIpc) is 2.96. The molecule has 0 atom stereocenters. The number of hydrogen-bond donors (Lipinski definition) is 4. The van der Waals surface area contributed by atoms with E-state index in [2.05, 4.69) is 12.1 Å². The van der Waals surface area contributed by atoms with Crippen molar-refractivity contribution < 1.29 is 20.4 Å². The Kier molecular flexibility index (Phi) is 7.59. The molecule has 1 aliphatic carbocycles. The molecule has 0 saturated heterocycles. The molecule has 0 radical (unpaired) electrons. The predicted molar refractivity (Wildman–Crippen MR) is 147 cm³/mol. The van der Waals surface area contributed by atoms with Crippen LogP contribution in [0, 0.1) is 5.92 Å². The van der Waals surface area contributed by atoms with Crippen LogP contribution in [0.5, 0.6) is 11.5 Å². The van der Waals surface area contributed by atoms with Gasteiger partial charge in [-0.15, -0.1) is 0 Å². The molecule has 37 heavy (non-hydrogen) atoms. The van der Waals surface area contributed by atoms with E-state index in [9.17, 15) is 20.4 Å². The van der Waals surface area contributed by atoms with E-state index < -0.39 is 0 Å². The van der Waals surface area contributed by atoms with Crippen LogP contribution in [0.1, 0.15) is 60.3 Å². The molecule has 4 aromatic rings. The standard InChI is InChI=1S/C33H34O4/c34-20-27-16-25(18-29(32(27)36)22-10-4-1-5-11-22)31(24-14-8-3-9-15-24)26-17-28(21-35)33(37)30(19-26)23-12-6-2-7-13-23/h1-2,4-7,10-13,16-19,24,31,34-37H,3,8-9,14-15,20-21H2. The maximum atomic E-state index is 11.0. The van der Waals surface area contributed by atoms with E-state index in [1.165, 1.54) is 6.42 Å². The lowest BCUT2D eigenvalue weighted by molar-refractivity contribution is 0.274. The summed E-state index contributed by atoms with van der Waals surface area (Å²) in [6.07, 6.45) is 5.71. The molecule has 190 valence electrons. The fourth-order valence-electron chi connectivity index (χ4n) is 5.92. The van der Waals surface area contributed by atoms with Gasteiger partial charge in [0.15, 0.2) is 0 Å². The Morgan fingerprint density at radius 2 is 1.03 bits per heavy atom. The van der Waals surface area contributed by atoms with E-state index in [0.717, 1.165) is 47.9 Å². The van der Waals surface area contributed by atoms with E-state index in [-0.39, 0.29) is 30.6 Å². The van der Waals surface area contributed by atoms with Crippen molar-refractivity contribution in [3.05, 3.63) is 107 Å². The van der Waals surface area contributed by atoms with Crippen molar-refractivity contribution in [3.63, 3.8) is 0 Å². The van der Waals surface area contributed by atoms with Crippen molar-refractivity contribution in [2.75, 3.05) is 0 Å². The van der Waals surface area contributed by atoms with Gasteiger partial charge in [0, 0.05) is 28.2 Å². The molecule has 0 spiro atoms. The highest BCUT2D eigenvalue weighted by molar-refractivity contribution is 5.75. The van der Waals surface area contributed by atoms with Crippen LogP contribution in [-0.4, -0.2) is 20.4 Å². The molecule has 1 saturated carbocycles. The van der Waals surface area contributed by atoms with Crippen LogP contribution in [0.4, 0.5) is 0 Å². The predicted octanol–water partition coefficient (Wildman–Crippen LogP) is 7.13. The molecule has 0 aromatic heterocycles. The molecular weight excluding hydrogens is 460 g/mol. The Bertz CT molecular complexity index is 1250. The van der Waals surface area contributed by atoms with E-state index in [1.807, 2.05) is 72.8 Å². The molecule has 0 heterocycles. The minimum absolute atomic E-state index is 0.0120. The molecular formula is C33H34O4. The van der Waals surface area contributed by atoms with Gasteiger partial charge in [0.1, 0.15) is 11.5 Å². The quantitative estimate of drug-likeness (QED) is 0.220. The largest absolute Gasteiger partial charge is 0.507 e. The molecule has 0 bridgehead atoms. The lowest BCUT2D eigenvalue weighted by Gasteiger charge is -2.32. The van der Waals surface area contributed by atoms with Gasteiger partial charge in [-0.1, -0.05) is 79.9 Å². The number of benzene rings is 4.